The van der Waals surface area contributed by atoms with E-state index in [0.29, 0.717) is 12.3 Å². The summed E-state index contributed by atoms with van der Waals surface area (Å²) in [6.07, 6.45) is 0. The Balaban J connectivity index is 2.04. The Kier molecular flexibility index (Phi) is 2.90. The molecule has 84 valence electrons. The Morgan fingerprint density at radius 2 is 2.00 bits per heavy atom. The molecule has 2 aromatic rings. The van der Waals surface area contributed by atoms with Gasteiger partial charge in [0.25, 0.3) is 0 Å². The third-order valence-corrected chi connectivity index (χ3v) is 2.18. The third-order valence-electron chi connectivity index (χ3n) is 2.18. The summed E-state index contributed by atoms with van der Waals surface area (Å²) in [4.78, 5) is 0. The van der Waals surface area contributed by atoms with Crippen LogP contribution in [0.2, 0.25) is 0 Å². The van der Waals surface area contributed by atoms with Gasteiger partial charge in [-0.05, 0) is 31.2 Å². The van der Waals surface area contributed by atoms with Crippen LogP contribution in [0.1, 0.15) is 11.5 Å². The van der Waals surface area contributed by atoms with E-state index in [1.54, 1.807) is 0 Å². The molecule has 0 saturated carbocycles. The SMILES string of the molecule is Cc1ccc(CNc2ccc(F)cc2F)o1. The van der Waals surface area contributed by atoms with Gasteiger partial charge in [0.1, 0.15) is 23.2 Å². The summed E-state index contributed by atoms with van der Waals surface area (Å²) in [6, 6.07) is 7.05. The number of aryl methyl sites for hydroxylation is 1. The summed E-state index contributed by atoms with van der Waals surface area (Å²) in [5, 5.41) is 2.83. The molecule has 4 heteroatoms. The smallest absolute Gasteiger partial charge is 0.149 e. The van der Waals surface area contributed by atoms with E-state index in [2.05, 4.69) is 5.32 Å². The van der Waals surface area contributed by atoms with Crippen molar-refractivity contribution in [3.8, 4) is 0 Å². The van der Waals surface area contributed by atoms with Crippen molar-refractivity contribution in [1.29, 1.82) is 0 Å². The van der Waals surface area contributed by atoms with Gasteiger partial charge in [-0.1, -0.05) is 0 Å². The normalized spacial score (nSPS) is 10.4. The molecule has 0 aliphatic carbocycles. The van der Waals surface area contributed by atoms with E-state index in [1.165, 1.54) is 12.1 Å². The van der Waals surface area contributed by atoms with Gasteiger partial charge in [-0.3, -0.25) is 0 Å². The molecule has 0 amide bonds. The highest BCUT2D eigenvalue weighted by Gasteiger charge is 2.04. The number of benzene rings is 1. The van der Waals surface area contributed by atoms with Crippen LogP contribution in [0, 0.1) is 18.6 Å². The molecule has 2 rings (SSSR count). The Morgan fingerprint density at radius 1 is 1.19 bits per heavy atom. The van der Waals surface area contributed by atoms with Gasteiger partial charge in [0.05, 0.1) is 12.2 Å². The van der Waals surface area contributed by atoms with E-state index < -0.39 is 11.6 Å². The van der Waals surface area contributed by atoms with Crippen LogP contribution >= 0.6 is 0 Å². The first-order valence-electron chi connectivity index (χ1n) is 4.89. The molecule has 0 aliphatic heterocycles. The highest BCUT2D eigenvalue weighted by Crippen LogP contribution is 2.16. The number of halogens is 2. The molecule has 0 spiro atoms. The number of rotatable bonds is 3. The molecule has 2 nitrogen and oxygen atoms in total. The Bertz CT molecular complexity index is 494. The highest BCUT2D eigenvalue weighted by atomic mass is 19.1. The lowest BCUT2D eigenvalue weighted by Gasteiger charge is -2.05. The lowest BCUT2D eigenvalue weighted by molar-refractivity contribution is 0.490. The zero-order valence-corrected chi connectivity index (χ0v) is 8.76. The first-order chi connectivity index (χ1) is 7.65. The molecule has 1 aromatic carbocycles. The first kappa shape index (κ1) is 10.7. The summed E-state index contributed by atoms with van der Waals surface area (Å²) >= 11 is 0. The van der Waals surface area contributed by atoms with E-state index in [4.69, 9.17) is 4.42 Å². The van der Waals surface area contributed by atoms with Crippen molar-refractivity contribution in [2.45, 2.75) is 13.5 Å². The standard InChI is InChI=1S/C12H11F2NO/c1-8-2-4-10(16-8)7-15-12-5-3-9(13)6-11(12)14/h2-6,15H,7H2,1H3. The second kappa shape index (κ2) is 4.35. The van der Waals surface area contributed by atoms with Crippen molar-refractivity contribution in [2.24, 2.45) is 0 Å². The summed E-state index contributed by atoms with van der Waals surface area (Å²) in [6.45, 7) is 2.21. The van der Waals surface area contributed by atoms with E-state index in [-0.39, 0.29) is 5.69 Å². The van der Waals surface area contributed by atoms with E-state index in [9.17, 15) is 8.78 Å². The maximum absolute atomic E-state index is 13.2. The van der Waals surface area contributed by atoms with Crippen molar-refractivity contribution in [2.75, 3.05) is 5.32 Å². The largest absolute Gasteiger partial charge is 0.465 e. The second-order valence-electron chi connectivity index (χ2n) is 3.49. The zero-order valence-electron chi connectivity index (χ0n) is 8.76. The van der Waals surface area contributed by atoms with Gasteiger partial charge >= 0.3 is 0 Å². The summed E-state index contributed by atoms with van der Waals surface area (Å²) in [5.41, 5.74) is 0.260. The number of hydrogen-bond acceptors (Lipinski definition) is 2. The van der Waals surface area contributed by atoms with Crippen molar-refractivity contribution in [3.05, 3.63) is 53.5 Å². The van der Waals surface area contributed by atoms with Crippen molar-refractivity contribution in [1.82, 2.24) is 0 Å². The minimum atomic E-state index is -0.608. The predicted octanol–water partition coefficient (Wildman–Crippen LogP) is 3.48. The maximum Gasteiger partial charge on any atom is 0.149 e. The molecule has 0 aliphatic rings. The van der Waals surface area contributed by atoms with Gasteiger partial charge in [-0.25, -0.2) is 8.78 Å². The fraction of sp³-hybridized carbons (Fsp3) is 0.167. The lowest BCUT2D eigenvalue weighted by Crippen LogP contribution is -2.00. The summed E-state index contributed by atoms with van der Waals surface area (Å²) < 4.78 is 31.2. The van der Waals surface area contributed by atoms with Gasteiger partial charge in [0.2, 0.25) is 0 Å². The van der Waals surface area contributed by atoms with Crippen LogP contribution in [0.25, 0.3) is 0 Å². The summed E-state index contributed by atoms with van der Waals surface area (Å²) in [5.74, 6) is 0.317. The molecule has 1 N–H and O–H groups in total. The predicted molar refractivity (Wildman–Crippen MR) is 57.1 cm³/mol. The number of anilines is 1. The topological polar surface area (TPSA) is 25.2 Å². The maximum atomic E-state index is 13.2. The van der Waals surface area contributed by atoms with Crippen LogP contribution in [0.5, 0.6) is 0 Å². The Labute approximate surface area is 91.9 Å². The lowest BCUT2D eigenvalue weighted by atomic mass is 10.3. The average Bonchev–Trinajstić information content (AvgIpc) is 2.63. The molecule has 0 unspecified atom stereocenters. The number of furan rings is 1. The molecule has 0 atom stereocenters. The van der Waals surface area contributed by atoms with Crippen LogP contribution in [-0.4, -0.2) is 0 Å². The van der Waals surface area contributed by atoms with Crippen molar-refractivity contribution >= 4 is 5.69 Å². The second-order valence-corrected chi connectivity index (χ2v) is 3.49. The first-order valence-corrected chi connectivity index (χ1v) is 4.89. The van der Waals surface area contributed by atoms with Gasteiger partial charge < -0.3 is 9.73 Å². The van der Waals surface area contributed by atoms with Gasteiger partial charge in [-0.15, -0.1) is 0 Å². The monoisotopic (exact) mass is 223 g/mol. The zero-order chi connectivity index (χ0) is 11.5. The van der Waals surface area contributed by atoms with Crippen molar-refractivity contribution in [3.63, 3.8) is 0 Å². The Morgan fingerprint density at radius 3 is 2.62 bits per heavy atom. The fourth-order valence-electron chi connectivity index (χ4n) is 1.40. The number of hydrogen-bond donors (Lipinski definition) is 1. The van der Waals surface area contributed by atoms with Crippen LogP contribution in [-0.2, 0) is 6.54 Å². The van der Waals surface area contributed by atoms with Gasteiger partial charge in [-0.2, -0.15) is 0 Å². The molecule has 0 fully saturated rings. The minimum Gasteiger partial charge on any atom is -0.465 e. The highest BCUT2D eigenvalue weighted by molar-refractivity contribution is 5.44. The van der Waals surface area contributed by atoms with Crippen LogP contribution in [0.3, 0.4) is 0 Å². The van der Waals surface area contributed by atoms with Gasteiger partial charge in [0, 0.05) is 6.07 Å². The molecule has 16 heavy (non-hydrogen) atoms. The van der Waals surface area contributed by atoms with E-state index in [0.717, 1.165) is 11.8 Å². The molecule has 0 bridgehead atoms. The Hall–Kier alpha value is -1.84. The summed E-state index contributed by atoms with van der Waals surface area (Å²) in [7, 11) is 0. The van der Waals surface area contributed by atoms with E-state index >= 15 is 0 Å². The molecular weight excluding hydrogens is 212 g/mol. The van der Waals surface area contributed by atoms with Crippen LogP contribution < -0.4 is 5.32 Å². The molecule has 0 saturated heterocycles. The third kappa shape index (κ3) is 2.39. The average molecular weight is 223 g/mol. The fourth-order valence-corrected chi connectivity index (χ4v) is 1.40. The van der Waals surface area contributed by atoms with Crippen LogP contribution in [0.4, 0.5) is 14.5 Å². The van der Waals surface area contributed by atoms with Gasteiger partial charge in [0.15, 0.2) is 0 Å². The molecule has 1 aromatic heterocycles. The van der Waals surface area contributed by atoms with E-state index in [1.807, 2.05) is 19.1 Å². The van der Waals surface area contributed by atoms with Crippen molar-refractivity contribution < 1.29 is 13.2 Å². The number of nitrogens with one attached hydrogen (secondary N) is 1. The molecular formula is C12H11F2NO. The molecule has 0 radical (unpaired) electrons. The minimum absolute atomic E-state index is 0.260. The van der Waals surface area contributed by atoms with Crippen LogP contribution in [0.15, 0.2) is 34.7 Å². The molecule has 1 heterocycles. The quantitative estimate of drug-likeness (QED) is 0.861.